The molecule has 3 rings (SSSR count). The number of halogens is 1. The molecule has 0 bridgehead atoms. The number of nitrogens with one attached hydrogen (secondary N) is 2. The number of benzene rings is 1. The minimum atomic E-state index is -0.0739. The molecule has 0 saturated heterocycles. The van der Waals surface area contributed by atoms with Crippen LogP contribution in [0, 0.1) is 5.41 Å². The third kappa shape index (κ3) is 3.64. The quantitative estimate of drug-likeness (QED) is 0.893. The highest BCUT2D eigenvalue weighted by atomic mass is 35.5. The van der Waals surface area contributed by atoms with E-state index in [9.17, 15) is 4.79 Å². The molecule has 1 atom stereocenters. The van der Waals surface area contributed by atoms with Gasteiger partial charge in [-0.3, -0.25) is 4.79 Å². The van der Waals surface area contributed by atoms with Crippen LogP contribution in [0.4, 0.5) is 0 Å². The maximum atomic E-state index is 12.4. The Kier molecular flexibility index (Phi) is 5.87. The van der Waals surface area contributed by atoms with Crippen LogP contribution < -0.4 is 10.6 Å². The van der Waals surface area contributed by atoms with Crippen LogP contribution in [-0.2, 0) is 17.8 Å². The largest absolute Gasteiger partial charge is 0.354 e. The Morgan fingerprint density at radius 2 is 1.95 bits per heavy atom. The van der Waals surface area contributed by atoms with Gasteiger partial charge < -0.3 is 10.6 Å². The van der Waals surface area contributed by atoms with Crippen LogP contribution in [0.15, 0.2) is 24.3 Å². The monoisotopic (exact) mass is 322 g/mol. The summed E-state index contributed by atoms with van der Waals surface area (Å²) in [5.41, 5.74) is 2.99. The number of fused-ring (bicyclic) bond motifs is 1. The summed E-state index contributed by atoms with van der Waals surface area (Å²) in [4.78, 5) is 12.4. The van der Waals surface area contributed by atoms with Gasteiger partial charge in [-0.15, -0.1) is 12.4 Å². The van der Waals surface area contributed by atoms with E-state index in [0.29, 0.717) is 5.41 Å². The van der Waals surface area contributed by atoms with Crippen LogP contribution in [0.2, 0.25) is 0 Å². The lowest BCUT2D eigenvalue weighted by molar-refractivity contribution is -0.123. The van der Waals surface area contributed by atoms with Gasteiger partial charge in [-0.05, 0) is 42.2 Å². The summed E-state index contributed by atoms with van der Waals surface area (Å²) >= 11 is 0. The topological polar surface area (TPSA) is 41.1 Å². The lowest BCUT2D eigenvalue weighted by Gasteiger charge is -2.30. The highest BCUT2D eigenvalue weighted by Gasteiger charge is 2.33. The maximum absolute atomic E-state index is 12.4. The summed E-state index contributed by atoms with van der Waals surface area (Å²) in [6.07, 6.45) is 7.16. The predicted molar refractivity (Wildman–Crippen MR) is 92.2 cm³/mol. The van der Waals surface area contributed by atoms with Gasteiger partial charge in [-0.2, -0.15) is 0 Å². The number of carbonyl (C=O) groups is 1. The second-order valence-corrected chi connectivity index (χ2v) is 6.68. The van der Waals surface area contributed by atoms with Gasteiger partial charge >= 0.3 is 0 Å². The molecule has 1 amide bonds. The van der Waals surface area contributed by atoms with Crippen LogP contribution in [0.1, 0.15) is 50.2 Å². The fourth-order valence-corrected chi connectivity index (χ4v) is 3.82. The Morgan fingerprint density at radius 1 is 1.27 bits per heavy atom. The molecule has 1 fully saturated rings. The van der Waals surface area contributed by atoms with Crippen molar-refractivity contribution in [3.63, 3.8) is 0 Å². The number of hydrogen-bond donors (Lipinski definition) is 2. The first-order valence-electron chi connectivity index (χ1n) is 8.30. The first-order chi connectivity index (χ1) is 10.2. The van der Waals surface area contributed by atoms with Gasteiger partial charge in [0, 0.05) is 13.1 Å². The zero-order valence-electron chi connectivity index (χ0n) is 13.4. The van der Waals surface area contributed by atoms with E-state index in [0.717, 1.165) is 19.5 Å². The molecule has 0 radical (unpaired) electrons. The van der Waals surface area contributed by atoms with Crippen molar-refractivity contribution in [2.75, 3.05) is 6.54 Å². The number of hydrogen-bond acceptors (Lipinski definition) is 2. The third-order valence-corrected chi connectivity index (χ3v) is 5.45. The summed E-state index contributed by atoms with van der Waals surface area (Å²) in [6, 6.07) is 8.33. The average molecular weight is 323 g/mol. The van der Waals surface area contributed by atoms with Gasteiger partial charge in [0.1, 0.15) is 0 Å². The SMILES string of the molecule is CCC1(CNC(=O)C2Cc3ccccc3CN2)CCCC1.Cl. The Labute approximate surface area is 139 Å². The zero-order valence-corrected chi connectivity index (χ0v) is 14.2. The number of carbonyl (C=O) groups excluding carboxylic acids is 1. The molecule has 2 N–H and O–H groups in total. The second-order valence-electron chi connectivity index (χ2n) is 6.68. The van der Waals surface area contributed by atoms with Gasteiger partial charge in [-0.1, -0.05) is 44.0 Å². The Balaban J connectivity index is 0.00000176. The van der Waals surface area contributed by atoms with Gasteiger partial charge in [0.2, 0.25) is 5.91 Å². The summed E-state index contributed by atoms with van der Waals surface area (Å²) < 4.78 is 0. The molecule has 1 unspecified atom stereocenters. The van der Waals surface area contributed by atoms with E-state index in [-0.39, 0.29) is 24.4 Å². The minimum Gasteiger partial charge on any atom is -0.354 e. The van der Waals surface area contributed by atoms with Crippen molar-refractivity contribution in [1.82, 2.24) is 10.6 Å². The molecule has 1 heterocycles. The van der Waals surface area contributed by atoms with Crippen molar-refractivity contribution in [2.24, 2.45) is 5.41 Å². The van der Waals surface area contributed by atoms with Gasteiger partial charge in [-0.25, -0.2) is 0 Å². The van der Waals surface area contributed by atoms with Crippen molar-refractivity contribution >= 4 is 18.3 Å². The first-order valence-corrected chi connectivity index (χ1v) is 8.30. The summed E-state index contributed by atoms with van der Waals surface area (Å²) in [7, 11) is 0. The van der Waals surface area contributed by atoms with Crippen LogP contribution in [-0.4, -0.2) is 18.5 Å². The molecule has 2 aliphatic rings. The van der Waals surface area contributed by atoms with Crippen LogP contribution in [0.25, 0.3) is 0 Å². The zero-order chi connectivity index (χ0) is 14.7. The van der Waals surface area contributed by atoms with E-state index in [1.165, 1.54) is 43.2 Å². The van der Waals surface area contributed by atoms with Crippen LogP contribution in [0.5, 0.6) is 0 Å². The van der Waals surface area contributed by atoms with E-state index in [4.69, 9.17) is 0 Å². The highest BCUT2D eigenvalue weighted by Crippen LogP contribution is 2.40. The van der Waals surface area contributed by atoms with Crippen LogP contribution >= 0.6 is 12.4 Å². The van der Waals surface area contributed by atoms with Gasteiger partial charge in [0.05, 0.1) is 6.04 Å². The van der Waals surface area contributed by atoms with Crippen molar-refractivity contribution in [1.29, 1.82) is 0 Å². The third-order valence-electron chi connectivity index (χ3n) is 5.45. The fraction of sp³-hybridized carbons (Fsp3) is 0.611. The molecule has 1 aliphatic heterocycles. The van der Waals surface area contributed by atoms with E-state index in [1.54, 1.807) is 0 Å². The maximum Gasteiger partial charge on any atom is 0.237 e. The Bertz CT molecular complexity index is 512. The van der Waals surface area contributed by atoms with Crippen molar-refractivity contribution in [2.45, 2.75) is 58.0 Å². The molecule has 22 heavy (non-hydrogen) atoms. The normalized spacial score (nSPS) is 22.5. The first kappa shape index (κ1) is 17.3. The predicted octanol–water partition coefficient (Wildman–Crippen LogP) is 3.21. The van der Waals surface area contributed by atoms with E-state index < -0.39 is 0 Å². The van der Waals surface area contributed by atoms with Gasteiger partial charge in [0.15, 0.2) is 0 Å². The molecule has 1 saturated carbocycles. The van der Waals surface area contributed by atoms with Crippen LogP contribution in [0.3, 0.4) is 0 Å². The van der Waals surface area contributed by atoms with Crippen molar-refractivity contribution in [3.05, 3.63) is 35.4 Å². The molecular formula is C18H27ClN2O. The lowest BCUT2D eigenvalue weighted by atomic mass is 9.83. The standard InChI is InChI=1S/C18H26N2O.ClH/c1-2-18(9-5-6-10-18)13-20-17(21)16-11-14-7-3-4-8-15(14)12-19-16;/h3-4,7-8,16,19H,2,5-6,9-13H2,1H3,(H,20,21);1H. The molecule has 0 spiro atoms. The average Bonchev–Trinajstić information content (AvgIpc) is 3.01. The molecule has 4 heteroatoms. The lowest BCUT2D eigenvalue weighted by Crippen LogP contribution is -2.49. The summed E-state index contributed by atoms with van der Waals surface area (Å²) in [6.45, 7) is 3.90. The molecule has 1 aromatic carbocycles. The van der Waals surface area contributed by atoms with Crippen molar-refractivity contribution < 1.29 is 4.79 Å². The van der Waals surface area contributed by atoms with Crippen molar-refractivity contribution in [3.8, 4) is 0 Å². The molecular weight excluding hydrogens is 296 g/mol. The highest BCUT2D eigenvalue weighted by molar-refractivity contribution is 5.85. The van der Waals surface area contributed by atoms with E-state index >= 15 is 0 Å². The smallest absolute Gasteiger partial charge is 0.237 e. The molecule has 1 aliphatic carbocycles. The molecule has 1 aromatic rings. The summed E-state index contributed by atoms with van der Waals surface area (Å²) in [5.74, 6) is 0.171. The minimum absolute atomic E-state index is 0. The molecule has 0 aromatic heterocycles. The Hall–Kier alpha value is -1.06. The Morgan fingerprint density at radius 3 is 2.64 bits per heavy atom. The van der Waals surface area contributed by atoms with E-state index in [1.807, 2.05) is 0 Å². The van der Waals surface area contributed by atoms with E-state index in [2.05, 4.69) is 41.8 Å². The van der Waals surface area contributed by atoms with Gasteiger partial charge in [0.25, 0.3) is 0 Å². The number of rotatable bonds is 4. The fourth-order valence-electron chi connectivity index (χ4n) is 3.82. The number of amides is 1. The summed E-state index contributed by atoms with van der Waals surface area (Å²) in [5, 5.41) is 6.58. The molecule has 122 valence electrons. The second kappa shape index (κ2) is 7.47. The molecule has 3 nitrogen and oxygen atoms in total.